The Balaban J connectivity index is 1.30. The minimum atomic E-state index is 0.125. The molecular weight excluding hydrogens is 284 g/mol. The highest BCUT2D eigenvalue weighted by molar-refractivity contribution is 5.73. The molecule has 3 nitrogen and oxygen atoms in total. The molecule has 1 aromatic carbocycles. The minimum Gasteiger partial charge on any atom is -0.354 e. The molecule has 0 radical (unpaired) electrons. The maximum absolute atomic E-state index is 11.2. The molecule has 2 heterocycles. The van der Waals surface area contributed by atoms with E-state index in [9.17, 15) is 4.79 Å². The second-order valence-corrected chi connectivity index (χ2v) is 7.68. The number of carbonyl (C=O) groups is 1. The Morgan fingerprint density at radius 2 is 1.65 bits per heavy atom. The average molecular weight is 312 g/mol. The lowest BCUT2D eigenvalue weighted by Gasteiger charge is -2.31. The summed E-state index contributed by atoms with van der Waals surface area (Å²) < 4.78 is 0. The van der Waals surface area contributed by atoms with Crippen LogP contribution in [-0.4, -0.2) is 23.4 Å². The smallest absolute Gasteiger partial charge is 0.217 e. The van der Waals surface area contributed by atoms with E-state index >= 15 is 0 Å². The fourth-order valence-electron chi connectivity index (χ4n) is 5.18. The summed E-state index contributed by atoms with van der Waals surface area (Å²) in [5.41, 5.74) is 3.19. The third-order valence-electron chi connectivity index (χ3n) is 6.28. The van der Waals surface area contributed by atoms with Crippen LogP contribution in [0.2, 0.25) is 0 Å². The maximum Gasteiger partial charge on any atom is 0.217 e. The molecule has 1 saturated heterocycles. The summed E-state index contributed by atoms with van der Waals surface area (Å²) in [5, 5.41) is 3.09. The lowest BCUT2D eigenvalue weighted by atomic mass is 9.84. The molecule has 2 aliphatic heterocycles. The van der Waals surface area contributed by atoms with Crippen LogP contribution in [0.1, 0.15) is 75.1 Å². The van der Waals surface area contributed by atoms with Crippen LogP contribution in [0, 0.1) is 5.92 Å². The molecule has 1 aromatic rings. The van der Waals surface area contributed by atoms with Gasteiger partial charge >= 0.3 is 0 Å². The number of hydrogen-bond donors (Lipinski definition) is 1. The Labute approximate surface area is 139 Å². The van der Waals surface area contributed by atoms with Gasteiger partial charge in [0.2, 0.25) is 5.91 Å². The van der Waals surface area contributed by atoms with Gasteiger partial charge in [-0.05, 0) is 68.5 Å². The van der Waals surface area contributed by atoms with Gasteiger partial charge in [-0.25, -0.2) is 0 Å². The summed E-state index contributed by atoms with van der Waals surface area (Å²) in [6.45, 7) is 2.88. The molecule has 1 aliphatic carbocycles. The van der Waals surface area contributed by atoms with Gasteiger partial charge in [0.25, 0.3) is 0 Å². The predicted molar refractivity (Wildman–Crippen MR) is 92.0 cm³/mol. The van der Waals surface area contributed by atoms with Crippen molar-refractivity contribution in [2.45, 2.75) is 70.0 Å². The molecule has 0 aromatic heterocycles. The maximum atomic E-state index is 11.2. The van der Waals surface area contributed by atoms with E-state index in [2.05, 4.69) is 34.5 Å². The van der Waals surface area contributed by atoms with Gasteiger partial charge < -0.3 is 5.32 Å². The van der Waals surface area contributed by atoms with Crippen molar-refractivity contribution < 1.29 is 4.79 Å². The number of amides is 1. The molecule has 2 bridgehead atoms. The van der Waals surface area contributed by atoms with Gasteiger partial charge in [-0.2, -0.15) is 0 Å². The largest absolute Gasteiger partial charge is 0.354 e. The van der Waals surface area contributed by atoms with Gasteiger partial charge in [0.15, 0.2) is 0 Å². The fraction of sp³-hybridized carbons (Fsp3) is 0.650. The summed E-state index contributed by atoms with van der Waals surface area (Å²) in [4.78, 5) is 13.9. The third kappa shape index (κ3) is 2.91. The summed E-state index contributed by atoms with van der Waals surface area (Å²) >= 11 is 0. The van der Waals surface area contributed by atoms with Gasteiger partial charge in [-0.3, -0.25) is 9.69 Å². The predicted octanol–water partition coefficient (Wildman–Crippen LogP) is 3.96. The van der Waals surface area contributed by atoms with Crippen LogP contribution in [0.5, 0.6) is 0 Å². The molecule has 23 heavy (non-hydrogen) atoms. The van der Waals surface area contributed by atoms with Gasteiger partial charge in [0, 0.05) is 25.0 Å². The SMILES string of the molecule is CC(=O)NC1CCC(CCN2[C@@H]3CC[C@H]2c2ccccc23)CC1. The normalized spacial score (nSPS) is 32.7. The lowest BCUT2D eigenvalue weighted by Crippen LogP contribution is -2.36. The zero-order valence-electron chi connectivity index (χ0n) is 14.1. The zero-order valence-corrected chi connectivity index (χ0v) is 14.1. The summed E-state index contributed by atoms with van der Waals surface area (Å²) in [5.74, 6) is 0.975. The van der Waals surface area contributed by atoms with E-state index in [0.29, 0.717) is 18.1 Å². The van der Waals surface area contributed by atoms with E-state index in [0.717, 1.165) is 18.8 Å². The first-order valence-corrected chi connectivity index (χ1v) is 9.34. The molecule has 1 amide bonds. The van der Waals surface area contributed by atoms with E-state index in [1.54, 1.807) is 18.1 Å². The van der Waals surface area contributed by atoms with Crippen molar-refractivity contribution in [3.63, 3.8) is 0 Å². The van der Waals surface area contributed by atoms with Crippen molar-refractivity contribution in [3.05, 3.63) is 35.4 Å². The molecule has 124 valence electrons. The van der Waals surface area contributed by atoms with E-state index in [-0.39, 0.29) is 5.91 Å². The second-order valence-electron chi connectivity index (χ2n) is 7.68. The molecule has 2 atom stereocenters. The molecule has 3 heteroatoms. The van der Waals surface area contributed by atoms with Crippen molar-refractivity contribution in [1.82, 2.24) is 10.2 Å². The Kier molecular flexibility index (Phi) is 4.14. The first-order valence-electron chi connectivity index (χ1n) is 9.34. The fourth-order valence-corrected chi connectivity index (χ4v) is 5.18. The van der Waals surface area contributed by atoms with Gasteiger partial charge in [-0.1, -0.05) is 24.3 Å². The number of fused-ring (bicyclic) bond motifs is 5. The van der Waals surface area contributed by atoms with E-state index in [1.807, 2.05) is 0 Å². The van der Waals surface area contributed by atoms with Crippen LogP contribution in [-0.2, 0) is 4.79 Å². The van der Waals surface area contributed by atoms with Gasteiger partial charge in [0.05, 0.1) is 0 Å². The number of nitrogens with one attached hydrogen (secondary N) is 1. The molecular formula is C20H28N2O. The van der Waals surface area contributed by atoms with Crippen LogP contribution in [0.4, 0.5) is 0 Å². The van der Waals surface area contributed by atoms with Crippen LogP contribution in [0.15, 0.2) is 24.3 Å². The first-order chi connectivity index (χ1) is 11.2. The Hall–Kier alpha value is -1.35. The number of rotatable bonds is 4. The highest BCUT2D eigenvalue weighted by Gasteiger charge is 2.43. The quantitative estimate of drug-likeness (QED) is 0.912. The van der Waals surface area contributed by atoms with Gasteiger partial charge in [-0.15, -0.1) is 0 Å². The Morgan fingerprint density at radius 1 is 1.04 bits per heavy atom. The molecule has 1 N–H and O–H groups in total. The van der Waals surface area contributed by atoms with Crippen LogP contribution in [0.3, 0.4) is 0 Å². The molecule has 0 unspecified atom stereocenters. The topological polar surface area (TPSA) is 32.3 Å². The van der Waals surface area contributed by atoms with Crippen molar-refractivity contribution >= 4 is 5.91 Å². The summed E-state index contributed by atoms with van der Waals surface area (Å²) in [6, 6.07) is 10.9. The Morgan fingerprint density at radius 3 is 2.22 bits per heavy atom. The lowest BCUT2D eigenvalue weighted by molar-refractivity contribution is -0.119. The van der Waals surface area contributed by atoms with E-state index in [4.69, 9.17) is 0 Å². The molecule has 4 rings (SSSR count). The third-order valence-corrected chi connectivity index (χ3v) is 6.28. The number of hydrogen-bond acceptors (Lipinski definition) is 2. The minimum absolute atomic E-state index is 0.125. The van der Waals surface area contributed by atoms with E-state index in [1.165, 1.54) is 38.6 Å². The average Bonchev–Trinajstić information content (AvgIpc) is 3.10. The summed E-state index contributed by atoms with van der Waals surface area (Å²) in [6.07, 6.45) is 8.90. The van der Waals surface area contributed by atoms with Gasteiger partial charge in [0.1, 0.15) is 0 Å². The molecule has 0 spiro atoms. The number of benzene rings is 1. The molecule has 2 fully saturated rings. The highest BCUT2D eigenvalue weighted by Crippen LogP contribution is 2.53. The van der Waals surface area contributed by atoms with Crippen molar-refractivity contribution in [1.29, 1.82) is 0 Å². The second kappa shape index (κ2) is 6.27. The zero-order chi connectivity index (χ0) is 15.8. The van der Waals surface area contributed by atoms with Crippen molar-refractivity contribution in [2.75, 3.05) is 6.54 Å². The van der Waals surface area contributed by atoms with E-state index < -0.39 is 0 Å². The van der Waals surface area contributed by atoms with Crippen LogP contribution in [0.25, 0.3) is 0 Å². The first kappa shape index (κ1) is 15.2. The number of carbonyl (C=O) groups excluding carboxylic acids is 1. The van der Waals surface area contributed by atoms with Crippen LogP contribution >= 0.6 is 0 Å². The van der Waals surface area contributed by atoms with Crippen molar-refractivity contribution in [2.24, 2.45) is 5.92 Å². The van der Waals surface area contributed by atoms with Crippen molar-refractivity contribution in [3.8, 4) is 0 Å². The van der Waals surface area contributed by atoms with Crippen LogP contribution < -0.4 is 5.32 Å². The standard InChI is InChI=1S/C20H28N2O/c1-14(23)21-16-8-6-15(7-9-16)12-13-22-19-10-11-20(22)18-5-3-2-4-17(18)19/h2-5,15-16,19-20H,6-13H2,1H3,(H,21,23)/t15?,16?,19-,20+. The number of nitrogens with zero attached hydrogens (tertiary/aromatic N) is 1. The highest BCUT2D eigenvalue weighted by atomic mass is 16.1. The summed E-state index contributed by atoms with van der Waals surface area (Å²) in [7, 11) is 0. The molecule has 3 aliphatic rings. The Bertz CT molecular complexity index is 546. The molecule has 1 saturated carbocycles. The monoisotopic (exact) mass is 312 g/mol.